The van der Waals surface area contributed by atoms with Gasteiger partial charge in [-0.3, -0.25) is 9.78 Å². The zero-order chi connectivity index (χ0) is 15.9. The molecule has 0 aliphatic carbocycles. The van der Waals surface area contributed by atoms with Gasteiger partial charge >= 0.3 is 0 Å². The van der Waals surface area contributed by atoms with Crippen LogP contribution in [-0.4, -0.2) is 10.9 Å². The normalized spacial score (nSPS) is 10.8. The molecule has 6 heteroatoms. The molecule has 110 valence electrons. The topological polar surface area (TPSA) is 82.0 Å². The Morgan fingerprint density at radius 3 is 2.55 bits per heavy atom. The average Bonchev–Trinajstić information content (AvgIpc) is 2.49. The number of amides is 1. The Morgan fingerprint density at radius 2 is 1.86 bits per heavy atom. The van der Waals surface area contributed by atoms with Gasteiger partial charge in [0, 0.05) is 21.6 Å². The largest absolute Gasteiger partial charge is 0.396 e. The molecule has 1 aromatic heterocycles. The van der Waals surface area contributed by atoms with Gasteiger partial charge in [0.2, 0.25) is 0 Å². The van der Waals surface area contributed by atoms with Crippen molar-refractivity contribution in [1.29, 1.82) is 0 Å². The number of hydrogen-bond acceptors (Lipinski definition) is 3. The van der Waals surface area contributed by atoms with Crippen molar-refractivity contribution in [1.82, 2.24) is 4.98 Å². The monoisotopic (exact) mass is 359 g/mol. The van der Waals surface area contributed by atoms with Gasteiger partial charge in [0.15, 0.2) is 5.82 Å². The fourth-order valence-electron chi connectivity index (χ4n) is 2.38. The summed E-state index contributed by atoms with van der Waals surface area (Å²) in [6.07, 6.45) is 1.20. The summed E-state index contributed by atoms with van der Waals surface area (Å²) in [4.78, 5) is 15.3. The van der Waals surface area contributed by atoms with Crippen LogP contribution < -0.4 is 11.5 Å². The van der Waals surface area contributed by atoms with E-state index < -0.39 is 11.7 Å². The fraction of sp³-hybridized carbons (Fsp3) is 0. The van der Waals surface area contributed by atoms with Gasteiger partial charge in [-0.15, -0.1) is 0 Å². The predicted octanol–water partition coefficient (Wildman–Crippen LogP) is 3.48. The number of fused-ring (bicyclic) bond motifs is 1. The van der Waals surface area contributed by atoms with Gasteiger partial charge < -0.3 is 11.5 Å². The van der Waals surface area contributed by atoms with Gasteiger partial charge in [0.1, 0.15) is 5.69 Å². The van der Waals surface area contributed by atoms with Crippen molar-refractivity contribution in [2.45, 2.75) is 0 Å². The Bertz CT molecular complexity index is 906. The second-order valence-corrected chi connectivity index (χ2v) is 5.61. The molecule has 0 bridgehead atoms. The summed E-state index contributed by atoms with van der Waals surface area (Å²) in [7, 11) is 0. The van der Waals surface area contributed by atoms with Crippen LogP contribution in [0.3, 0.4) is 0 Å². The molecule has 22 heavy (non-hydrogen) atoms. The van der Waals surface area contributed by atoms with Crippen LogP contribution in [0.15, 0.2) is 47.1 Å². The van der Waals surface area contributed by atoms with Crippen molar-refractivity contribution in [3.8, 4) is 11.3 Å². The van der Waals surface area contributed by atoms with Crippen molar-refractivity contribution < 1.29 is 9.18 Å². The second-order valence-electron chi connectivity index (χ2n) is 4.76. The van der Waals surface area contributed by atoms with E-state index in [4.69, 9.17) is 11.5 Å². The molecule has 0 fully saturated rings. The minimum Gasteiger partial charge on any atom is -0.396 e. The van der Waals surface area contributed by atoms with E-state index in [1.165, 1.54) is 6.20 Å². The summed E-state index contributed by atoms with van der Waals surface area (Å²) >= 11 is 3.47. The quantitative estimate of drug-likeness (QED) is 0.734. The lowest BCUT2D eigenvalue weighted by molar-refractivity contribution is 0.100. The van der Waals surface area contributed by atoms with Gasteiger partial charge in [-0.25, -0.2) is 4.39 Å². The zero-order valence-electron chi connectivity index (χ0n) is 11.3. The first-order valence-corrected chi connectivity index (χ1v) is 7.21. The number of aromatic nitrogens is 1. The Labute approximate surface area is 134 Å². The molecule has 1 amide bonds. The maximum Gasteiger partial charge on any atom is 0.252 e. The minimum absolute atomic E-state index is 0.0833. The number of nitrogen functional groups attached to an aromatic ring is 1. The van der Waals surface area contributed by atoms with E-state index in [9.17, 15) is 9.18 Å². The highest BCUT2D eigenvalue weighted by atomic mass is 79.9. The van der Waals surface area contributed by atoms with Gasteiger partial charge in [-0.1, -0.05) is 46.3 Å². The fourth-order valence-corrected chi connectivity index (χ4v) is 2.97. The third kappa shape index (κ3) is 2.21. The maximum atomic E-state index is 14.6. The molecule has 1 heterocycles. The van der Waals surface area contributed by atoms with Crippen LogP contribution in [0.4, 0.5) is 10.1 Å². The SMILES string of the molecule is NC(=O)c1cnc(-c2cccc3cccc(Br)c23)c(F)c1N. The number of nitrogens with zero attached hydrogens (tertiary/aromatic N) is 1. The molecule has 3 rings (SSSR count). The van der Waals surface area contributed by atoms with Crippen LogP contribution in [0.1, 0.15) is 10.4 Å². The van der Waals surface area contributed by atoms with Crippen molar-refractivity contribution in [3.63, 3.8) is 0 Å². The smallest absolute Gasteiger partial charge is 0.252 e. The number of nitrogens with two attached hydrogens (primary N) is 2. The molecule has 0 aliphatic rings. The van der Waals surface area contributed by atoms with Crippen LogP contribution in [0.25, 0.3) is 22.0 Å². The summed E-state index contributed by atoms with van der Waals surface area (Å²) in [6, 6.07) is 11.2. The number of carbonyl (C=O) groups excluding carboxylic acids is 1. The number of carbonyl (C=O) groups is 1. The third-order valence-corrected chi connectivity index (χ3v) is 4.09. The summed E-state index contributed by atoms with van der Waals surface area (Å²) in [5.41, 5.74) is 11.1. The van der Waals surface area contributed by atoms with Crippen LogP contribution in [0, 0.1) is 5.82 Å². The van der Waals surface area contributed by atoms with Crippen LogP contribution in [-0.2, 0) is 0 Å². The van der Waals surface area contributed by atoms with E-state index in [0.717, 1.165) is 15.2 Å². The van der Waals surface area contributed by atoms with E-state index >= 15 is 0 Å². The first-order chi connectivity index (χ1) is 10.5. The van der Waals surface area contributed by atoms with Crippen molar-refractivity contribution in [2.24, 2.45) is 5.73 Å². The van der Waals surface area contributed by atoms with E-state index in [0.29, 0.717) is 5.56 Å². The Balaban J connectivity index is 2.34. The molecular formula is C16H11BrFN3O. The number of anilines is 1. The summed E-state index contributed by atoms with van der Waals surface area (Å²) in [5.74, 6) is -1.56. The molecule has 3 aromatic rings. The molecule has 4 N–H and O–H groups in total. The summed E-state index contributed by atoms with van der Waals surface area (Å²) < 4.78 is 15.4. The van der Waals surface area contributed by atoms with Gasteiger partial charge in [0.25, 0.3) is 5.91 Å². The van der Waals surface area contributed by atoms with E-state index in [1.54, 1.807) is 6.07 Å². The number of primary amides is 1. The molecule has 4 nitrogen and oxygen atoms in total. The van der Waals surface area contributed by atoms with Gasteiger partial charge in [-0.05, 0) is 11.5 Å². The molecule has 0 saturated carbocycles. The Morgan fingerprint density at radius 1 is 1.18 bits per heavy atom. The van der Waals surface area contributed by atoms with Crippen LogP contribution >= 0.6 is 15.9 Å². The van der Waals surface area contributed by atoms with Gasteiger partial charge in [-0.2, -0.15) is 0 Å². The minimum atomic E-state index is -0.811. The highest BCUT2D eigenvalue weighted by Gasteiger charge is 2.18. The van der Waals surface area contributed by atoms with E-state index in [1.807, 2.05) is 30.3 Å². The van der Waals surface area contributed by atoms with Gasteiger partial charge in [0.05, 0.1) is 11.3 Å². The average molecular weight is 360 g/mol. The number of hydrogen-bond donors (Lipinski definition) is 2. The molecule has 2 aromatic carbocycles. The maximum absolute atomic E-state index is 14.6. The number of pyridine rings is 1. The number of halogens is 2. The zero-order valence-corrected chi connectivity index (χ0v) is 12.9. The molecule has 0 unspecified atom stereocenters. The molecule has 0 saturated heterocycles. The lowest BCUT2D eigenvalue weighted by atomic mass is 10.0. The number of rotatable bonds is 2. The van der Waals surface area contributed by atoms with Crippen molar-refractivity contribution >= 4 is 38.3 Å². The second kappa shape index (κ2) is 5.38. The molecule has 0 spiro atoms. The first kappa shape index (κ1) is 14.5. The van der Waals surface area contributed by atoms with Crippen molar-refractivity contribution in [3.05, 3.63) is 58.4 Å². The third-order valence-electron chi connectivity index (χ3n) is 3.43. The number of benzene rings is 2. The van der Waals surface area contributed by atoms with E-state index in [-0.39, 0.29) is 16.9 Å². The predicted molar refractivity (Wildman–Crippen MR) is 87.8 cm³/mol. The summed E-state index contributed by atoms with van der Waals surface area (Å²) in [5, 5.41) is 1.76. The highest BCUT2D eigenvalue weighted by Crippen LogP contribution is 2.35. The summed E-state index contributed by atoms with van der Waals surface area (Å²) in [6.45, 7) is 0. The highest BCUT2D eigenvalue weighted by molar-refractivity contribution is 9.10. The Kier molecular flexibility index (Phi) is 3.54. The van der Waals surface area contributed by atoms with Crippen molar-refractivity contribution in [2.75, 3.05) is 5.73 Å². The molecular weight excluding hydrogens is 349 g/mol. The first-order valence-electron chi connectivity index (χ1n) is 6.42. The van der Waals surface area contributed by atoms with E-state index in [2.05, 4.69) is 20.9 Å². The molecule has 0 atom stereocenters. The lowest BCUT2D eigenvalue weighted by Crippen LogP contribution is -2.15. The van der Waals surface area contributed by atoms with Crippen LogP contribution in [0.2, 0.25) is 0 Å². The molecule has 0 aliphatic heterocycles. The Hall–Kier alpha value is -2.47. The lowest BCUT2D eigenvalue weighted by Gasteiger charge is -2.11. The standard InChI is InChI=1S/C16H11BrFN3O/c17-11-6-2-4-8-3-1-5-9(12(8)11)15-13(18)14(19)10(7-21-15)16(20)22/h1-7H,(H2,19,21)(H2,20,22). The van der Waals surface area contributed by atoms with Crippen LogP contribution in [0.5, 0.6) is 0 Å². The molecule has 0 radical (unpaired) electrons.